The number of ether oxygens (including phenoxy) is 2. The fourth-order valence-corrected chi connectivity index (χ4v) is 25.6. The highest BCUT2D eigenvalue weighted by atomic mass is 19.4. The Morgan fingerprint density at radius 3 is 0.616 bits per heavy atom. The molecule has 8 saturated carbocycles. The fourth-order valence-electron chi connectivity index (χ4n) is 25.6. The van der Waals surface area contributed by atoms with Crippen LogP contribution in [0.1, 0.15) is 47.9 Å². The zero-order chi connectivity index (χ0) is 59.8. The van der Waals surface area contributed by atoms with Crippen LogP contribution < -0.4 is 0 Å². The van der Waals surface area contributed by atoms with E-state index in [4.69, 9.17) is 9.47 Å². The number of amides is 8. The molecule has 0 radical (unpaired) electrons. The molecule has 8 saturated heterocycles. The molecule has 12 aliphatic heterocycles. The predicted octanol–water partition coefficient (Wildman–Crippen LogP) is 6.63. The maximum absolute atomic E-state index is 16.5. The molecule has 452 valence electrons. The lowest BCUT2D eigenvalue weighted by molar-refractivity contribution is -0.330. The lowest BCUT2D eigenvalue weighted by atomic mass is 9.46. The molecule has 0 spiro atoms. The minimum absolute atomic E-state index is 0.172. The van der Waals surface area contributed by atoms with Gasteiger partial charge < -0.3 is 9.47 Å². The first-order valence-corrected chi connectivity index (χ1v) is 29.7. The first-order valence-electron chi connectivity index (χ1n) is 29.7. The van der Waals surface area contributed by atoms with E-state index in [0.29, 0.717) is 0 Å². The number of imide groups is 4. The van der Waals surface area contributed by atoms with Gasteiger partial charge in [0.1, 0.15) is 0 Å². The zero-order valence-corrected chi connectivity index (χ0v) is 44.5. The summed E-state index contributed by atoms with van der Waals surface area (Å²) in [5.41, 5.74) is -13.4. The number of hydrogen-bond donors (Lipinski definition) is 0. The number of nitrogens with zero attached hydrogens (tertiary/aromatic N) is 4. The van der Waals surface area contributed by atoms with E-state index in [1.165, 1.54) is 48.5 Å². The Morgan fingerprint density at radius 2 is 0.465 bits per heavy atom. The van der Waals surface area contributed by atoms with Gasteiger partial charge >= 0.3 is 24.7 Å². The molecule has 16 fully saturated rings. The molecule has 0 aromatic heterocycles. The summed E-state index contributed by atoms with van der Waals surface area (Å²) in [6, 6.07) is 11.4. The molecule has 8 amide bonds. The van der Waals surface area contributed by atoms with Gasteiger partial charge in [0.2, 0.25) is 47.3 Å². The summed E-state index contributed by atoms with van der Waals surface area (Å²) in [6.45, 7) is -2.21. The van der Waals surface area contributed by atoms with Gasteiger partial charge in [0.25, 0.3) is 0 Å². The molecule has 14 nitrogen and oxygen atoms in total. The molecule has 2 aromatic rings. The average molecular weight is 1210 g/mol. The summed E-state index contributed by atoms with van der Waals surface area (Å²) in [5.74, 6) is -46.4. The van der Waals surface area contributed by atoms with Crippen molar-refractivity contribution < 1.29 is 101 Å². The van der Waals surface area contributed by atoms with Crippen molar-refractivity contribution in [3.05, 3.63) is 70.8 Å². The number of carbonyl (C=O) groups is 8. The predicted molar refractivity (Wildman–Crippen MR) is 255 cm³/mol. The lowest BCUT2D eigenvalue weighted by Gasteiger charge is -2.53. The monoisotopic (exact) mass is 1210 g/mol. The summed E-state index contributed by atoms with van der Waals surface area (Å²) in [5, 5.41) is 0. The third-order valence-corrected chi connectivity index (χ3v) is 26.8. The standard InChI is InChI=1S/C60H48F12N4O10/c61-57(62,63)53-37-21-9-22-30-29(21)45(77)73(46(30)78)13-17-3-1-4-18(7-17)14-74-47(79)31-23-10-24(32(31)48(74)80)40-39(23)55(59(67,68)69)43-27-12-28(44(43)56(40,86-55)60(70,71)72)36-35(27)51(83)76(52(36)84)16-20-6-2-5-19(8-20)15-75-49(81)33-25-11-26(34(33)50(75)82)42(41(25)53)54(85-53,38(22)37)58(64,65)66/h1-8,21-44H,9-16H2/t21-,22+,23-,24+,25+,26-,27+,28-,29+,30-,31+,32-,33-,34+,35-,36+,37-,38+,39-,40+,41+,42-,43+,44-,53?,54?,55?,56?. The lowest BCUT2D eigenvalue weighted by Crippen LogP contribution is -2.66. The topological polar surface area (TPSA) is 168 Å². The third kappa shape index (κ3) is 5.08. The number of rotatable bonds is 0. The number of alkyl halides is 12. The first kappa shape index (κ1) is 52.1. The number of benzene rings is 2. The van der Waals surface area contributed by atoms with Gasteiger partial charge in [-0.2, -0.15) is 52.7 Å². The average Bonchev–Trinajstić information content (AvgIpc) is 1.45. The van der Waals surface area contributed by atoms with E-state index in [-0.39, 0.29) is 47.9 Å². The molecule has 2 aromatic carbocycles. The van der Waals surface area contributed by atoms with Crippen LogP contribution >= 0.6 is 0 Å². The normalized spacial score (nSPS) is 51.3. The minimum atomic E-state index is -5.50. The van der Waals surface area contributed by atoms with Gasteiger partial charge in [-0.3, -0.25) is 58.0 Å². The van der Waals surface area contributed by atoms with Crippen molar-refractivity contribution in [1.82, 2.24) is 19.6 Å². The molecule has 26 heteroatoms. The molecule has 12 heterocycles. The first-order chi connectivity index (χ1) is 40.5. The van der Waals surface area contributed by atoms with Crippen molar-refractivity contribution >= 4 is 47.3 Å². The van der Waals surface area contributed by atoms with Crippen LogP contribution in [0.25, 0.3) is 0 Å². The largest absolute Gasteiger partial charge is 0.418 e. The third-order valence-electron chi connectivity index (χ3n) is 26.8. The summed E-state index contributed by atoms with van der Waals surface area (Å²) in [4.78, 5) is 121. The van der Waals surface area contributed by atoms with Crippen molar-refractivity contribution in [2.24, 2.45) is 142 Å². The van der Waals surface area contributed by atoms with Gasteiger partial charge in [0, 0.05) is 47.3 Å². The van der Waals surface area contributed by atoms with Gasteiger partial charge in [-0.25, -0.2) is 0 Å². The molecular weight excluding hydrogens is 1160 g/mol. The Labute approximate surface area is 477 Å². The summed E-state index contributed by atoms with van der Waals surface area (Å²) in [7, 11) is 0. The number of halogens is 12. The van der Waals surface area contributed by atoms with E-state index in [1.54, 1.807) is 0 Å². The molecular formula is C60H48F12N4O10. The maximum atomic E-state index is 16.5. The molecule has 28 atom stereocenters. The Balaban J connectivity index is 0.735. The van der Waals surface area contributed by atoms with Crippen LogP contribution in [0.3, 0.4) is 0 Å². The van der Waals surface area contributed by atoms with E-state index in [0.717, 1.165) is 19.6 Å². The minimum Gasteiger partial charge on any atom is -0.348 e. The van der Waals surface area contributed by atoms with Gasteiger partial charge in [-0.1, -0.05) is 48.5 Å². The Morgan fingerprint density at radius 1 is 0.302 bits per heavy atom. The van der Waals surface area contributed by atoms with Crippen molar-refractivity contribution in [2.45, 2.75) is 99.0 Å². The Kier molecular flexibility index (Phi) is 9.00. The van der Waals surface area contributed by atoms with E-state index in [1.807, 2.05) is 0 Å². The van der Waals surface area contributed by atoms with Crippen molar-refractivity contribution in [1.29, 1.82) is 0 Å². The molecule has 86 heavy (non-hydrogen) atoms. The molecule has 8 aliphatic carbocycles. The van der Waals surface area contributed by atoms with E-state index >= 15 is 52.7 Å². The molecule has 22 rings (SSSR count). The highest BCUT2D eigenvalue weighted by Crippen LogP contribution is 2.89. The van der Waals surface area contributed by atoms with E-state index in [9.17, 15) is 38.4 Å². The second-order valence-electron chi connectivity index (χ2n) is 28.7. The van der Waals surface area contributed by atoms with Crippen molar-refractivity contribution in [3.8, 4) is 0 Å². The second-order valence-corrected chi connectivity index (χ2v) is 28.7. The van der Waals surface area contributed by atoms with Gasteiger partial charge in [0.05, 0.1) is 73.5 Å². The molecule has 20 aliphatic rings. The van der Waals surface area contributed by atoms with Gasteiger partial charge in [0.15, 0.2) is 22.4 Å². The second kappa shape index (κ2) is 14.9. The quantitative estimate of drug-likeness (QED) is 0.207. The van der Waals surface area contributed by atoms with E-state index < -0.39 is 263 Å². The Bertz CT molecular complexity index is 3090. The van der Waals surface area contributed by atoms with Crippen LogP contribution in [0.15, 0.2) is 48.5 Å². The number of carbonyl (C=O) groups excluding carboxylic acids is 8. The molecule has 4 unspecified atom stereocenters. The molecule has 0 N–H and O–H groups in total. The van der Waals surface area contributed by atoms with Crippen molar-refractivity contribution in [2.75, 3.05) is 0 Å². The SMILES string of the molecule is O=C1[C@@H]2[C@@H]3C[C@@H]4[C@@H]2C(=O)N1Cc1cccc(c1)CN1C(=O)[C@@H]2[C@@H]5C[C@H]([C@@H]2C1=O)[C@@H]1[C@H]5C2(C(F)(F)F)OC1(C(F)(F)F)[C@H]1[C@H]5C[C@H]([C@@H]6C(=O)N(Cc7cccc(c7)CN7C(=O)[C@@H]8[C@@H]9C[C@H]([C@@H]8C7=O)[C@@H]7[C@H]9C8(C(F)(F)F)OC7(C(F)(F)F)[C@@H]3[C@@H]48)C(=O)[C@H]56)[C@H]12. The summed E-state index contributed by atoms with van der Waals surface area (Å²) in [6.07, 6.45) is -23.3. The van der Waals surface area contributed by atoms with Crippen LogP contribution in [-0.4, -0.2) is 114 Å². The van der Waals surface area contributed by atoms with Gasteiger partial charge in [-0.15, -0.1) is 0 Å². The van der Waals surface area contributed by atoms with Crippen LogP contribution in [-0.2, 0) is 74.0 Å². The highest BCUT2D eigenvalue weighted by molar-refractivity contribution is 6.09. The van der Waals surface area contributed by atoms with Crippen LogP contribution in [0.2, 0.25) is 0 Å². The van der Waals surface area contributed by atoms with Gasteiger partial charge in [-0.05, 0) is 95.3 Å². The number of hydrogen-bond acceptors (Lipinski definition) is 10. The smallest absolute Gasteiger partial charge is 0.348 e. The van der Waals surface area contributed by atoms with Crippen molar-refractivity contribution in [3.63, 3.8) is 0 Å². The fraction of sp³-hybridized carbons (Fsp3) is 0.667. The summed E-state index contributed by atoms with van der Waals surface area (Å²) >= 11 is 0. The summed E-state index contributed by atoms with van der Waals surface area (Å²) < 4.78 is 210. The van der Waals surface area contributed by atoms with Crippen LogP contribution in [0.5, 0.6) is 0 Å². The molecule has 28 bridgehead atoms. The van der Waals surface area contributed by atoms with Crippen LogP contribution in [0.4, 0.5) is 52.7 Å². The Hall–Kier alpha value is -5.92. The van der Waals surface area contributed by atoms with E-state index in [2.05, 4.69) is 0 Å². The highest BCUT2D eigenvalue weighted by Gasteiger charge is 3.00. The maximum Gasteiger partial charge on any atom is 0.418 e. The zero-order valence-electron chi connectivity index (χ0n) is 44.5. The van der Waals surface area contributed by atoms with Crippen LogP contribution in [0, 0.1) is 142 Å².